The van der Waals surface area contributed by atoms with E-state index >= 15 is 0 Å². The molecule has 0 spiro atoms. The second kappa shape index (κ2) is 3.90. The van der Waals surface area contributed by atoms with Gasteiger partial charge in [-0.3, -0.25) is 4.79 Å². The predicted molar refractivity (Wildman–Crippen MR) is 48.9 cm³/mol. The predicted octanol–water partition coefficient (Wildman–Crippen LogP) is 0.463. The topological polar surface area (TPSA) is 32.3 Å². The van der Waals surface area contributed by atoms with Crippen molar-refractivity contribution < 1.29 is 4.79 Å². The van der Waals surface area contributed by atoms with Gasteiger partial charge < -0.3 is 10.2 Å². The van der Waals surface area contributed by atoms with Gasteiger partial charge in [-0.05, 0) is 19.9 Å². The van der Waals surface area contributed by atoms with Crippen LogP contribution >= 0.6 is 0 Å². The van der Waals surface area contributed by atoms with Gasteiger partial charge in [-0.1, -0.05) is 6.42 Å². The van der Waals surface area contributed by atoms with Crippen molar-refractivity contribution in [3.63, 3.8) is 0 Å². The van der Waals surface area contributed by atoms with E-state index in [0.29, 0.717) is 6.04 Å². The first kappa shape index (κ1) is 9.52. The fraction of sp³-hybridized carbons (Fsp3) is 0.889. The summed E-state index contributed by atoms with van der Waals surface area (Å²) in [5.74, 6) is 0.483. The van der Waals surface area contributed by atoms with Gasteiger partial charge in [-0.25, -0.2) is 0 Å². The number of amides is 1. The summed E-state index contributed by atoms with van der Waals surface area (Å²) >= 11 is 0. The van der Waals surface area contributed by atoms with Crippen LogP contribution in [0.2, 0.25) is 0 Å². The highest BCUT2D eigenvalue weighted by Gasteiger charge is 2.32. The van der Waals surface area contributed by atoms with E-state index in [2.05, 4.69) is 5.32 Å². The molecule has 1 rings (SSSR count). The van der Waals surface area contributed by atoms with E-state index in [0.717, 1.165) is 12.8 Å². The highest BCUT2D eigenvalue weighted by molar-refractivity contribution is 5.79. The van der Waals surface area contributed by atoms with Crippen LogP contribution in [0.5, 0.6) is 0 Å². The molecule has 0 aromatic heterocycles. The lowest BCUT2D eigenvalue weighted by molar-refractivity contribution is -0.133. The van der Waals surface area contributed by atoms with Crippen molar-refractivity contribution in [2.24, 2.45) is 5.92 Å². The monoisotopic (exact) mass is 170 g/mol. The number of hydrogen-bond acceptors (Lipinski definition) is 2. The Labute approximate surface area is 74.1 Å². The summed E-state index contributed by atoms with van der Waals surface area (Å²) in [6, 6.07) is 0.403. The number of carbonyl (C=O) groups excluding carboxylic acids is 1. The summed E-state index contributed by atoms with van der Waals surface area (Å²) in [5, 5.41) is 3.20. The molecule has 0 aliphatic heterocycles. The minimum absolute atomic E-state index is 0.213. The Hall–Kier alpha value is -0.570. The molecule has 0 saturated heterocycles. The average molecular weight is 170 g/mol. The van der Waals surface area contributed by atoms with Gasteiger partial charge in [0.05, 0.1) is 5.92 Å². The molecule has 1 aliphatic carbocycles. The first-order valence-corrected chi connectivity index (χ1v) is 4.55. The highest BCUT2D eigenvalue weighted by Crippen LogP contribution is 2.26. The van der Waals surface area contributed by atoms with Gasteiger partial charge in [-0.15, -0.1) is 0 Å². The molecule has 3 heteroatoms. The average Bonchev–Trinajstić information content (AvgIpc) is 2.49. The standard InChI is InChI=1S/C9H18N2O/c1-10-8-6-4-5-7(8)9(12)11(2)3/h7-8,10H,4-6H2,1-3H3. The summed E-state index contributed by atoms with van der Waals surface area (Å²) in [5.41, 5.74) is 0. The minimum Gasteiger partial charge on any atom is -0.349 e. The van der Waals surface area contributed by atoms with Gasteiger partial charge in [0.1, 0.15) is 0 Å². The van der Waals surface area contributed by atoms with Crippen LogP contribution in [0.15, 0.2) is 0 Å². The van der Waals surface area contributed by atoms with Crippen LogP contribution in [0.3, 0.4) is 0 Å². The summed E-state index contributed by atoms with van der Waals surface area (Å²) < 4.78 is 0. The van der Waals surface area contributed by atoms with E-state index < -0.39 is 0 Å². The van der Waals surface area contributed by atoms with Crippen LogP contribution < -0.4 is 5.32 Å². The first-order valence-electron chi connectivity index (χ1n) is 4.55. The number of nitrogens with zero attached hydrogens (tertiary/aromatic N) is 1. The number of nitrogens with one attached hydrogen (secondary N) is 1. The quantitative estimate of drug-likeness (QED) is 0.653. The van der Waals surface area contributed by atoms with Gasteiger partial charge >= 0.3 is 0 Å². The van der Waals surface area contributed by atoms with Crippen molar-refractivity contribution in [1.82, 2.24) is 10.2 Å². The van der Waals surface area contributed by atoms with E-state index in [-0.39, 0.29) is 11.8 Å². The Morgan fingerprint density at radius 1 is 1.42 bits per heavy atom. The molecule has 2 atom stereocenters. The smallest absolute Gasteiger partial charge is 0.226 e. The van der Waals surface area contributed by atoms with E-state index in [9.17, 15) is 4.79 Å². The molecule has 0 bridgehead atoms. The van der Waals surface area contributed by atoms with Crippen LogP contribution in [0.25, 0.3) is 0 Å². The Balaban J connectivity index is 2.55. The molecule has 0 heterocycles. The van der Waals surface area contributed by atoms with Gasteiger partial charge in [0.2, 0.25) is 5.91 Å². The second-order valence-electron chi connectivity index (χ2n) is 3.67. The molecule has 1 amide bonds. The fourth-order valence-corrected chi connectivity index (χ4v) is 1.93. The van der Waals surface area contributed by atoms with Crippen LogP contribution in [-0.2, 0) is 4.79 Å². The molecule has 0 aromatic rings. The molecular weight excluding hydrogens is 152 g/mol. The Kier molecular flexibility index (Phi) is 3.09. The van der Waals surface area contributed by atoms with Crippen LogP contribution in [0, 0.1) is 5.92 Å². The molecule has 12 heavy (non-hydrogen) atoms. The van der Waals surface area contributed by atoms with Crippen molar-refractivity contribution in [3.05, 3.63) is 0 Å². The lowest BCUT2D eigenvalue weighted by atomic mass is 10.0. The molecule has 1 N–H and O–H groups in total. The van der Waals surface area contributed by atoms with Crippen molar-refractivity contribution in [2.75, 3.05) is 21.1 Å². The van der Waals surface area contributed by atoms with Crippen LogP contribution in [0.4, 0.5) is 0 Å². The van der Waals surface area contributed by atoms with Crippen molar-refractivity contribution in [3.8, 4) is 0 Å². The SMILES string of the molecule is CNC1CCCC1C(=O)N(C)C. The van der Waals surface area contributed by atoms with E-state index in [4.69, 9.17) is 0 Å². The van der Waals surface area contributed by atoms with E-state index in [1.54, 1.807) is 4.90 Å². The molecule has 1 aliphatic rings. The van der Waals surface area contributed by atoms with Crippen molar-refractivity contribution in [2.45, 2.75) is 25.3 Å². The van der Waals surface area contributed by atoms with Crippen LogP contribution in [-0.4, -0.2) is 38.0 Å². The maximum atomic E-state index is 11.6. The zero-order valence-corrected chi connectivity index (χ0v) is 8.13. The molecule has 70 valence electrons. The molecule has 3 nitrogen and oxygen atoms in total. The van der Waals surface area contributed by atoms with Gasteiger partial charge in [0.15, 0.2) is 0 Å². The normalized spacial score (nSPS) is 28.9. The third kappa shape index (κ3) is 1.78. The third-order valence-corrected chi connectivity index (χ3v) is 2.64. The van der Waals surface area contributed by atoms with Crippen LogP contribution in [0.1, 0.15) is 19.3 Å². The zero-order chi connectivity index (χ0) is 9.14. The van der Waals surface area contributed by atoms with Crippen molar-refractivity contribution >= 4 is 5.91 Å². The summed E-state index contributed by atoms with van der Waals surface area (Å²) in [6.45, 7) is 0. The van der Waals surface area contributed by atoms with E-state index in [1.165, 1.54) is 6.42 Å². The molecular formula is C9H18N2O. The largest absolute Gasteiger partial charge is 0.349 e. The number of hydrogen-bond donors (Lipinski definition) is 1. The molecule has 2 unspecified atom stereocenters. The Morgan fingerprint density at radius 3 is 2.58 bits per heavy atom. The maximum absolute atomic E-state index is 11.6. The number of rotatable bonds is 2. The first-order chi connectivity index (χ1) is 5.66. The maximum Gasteiger partial charge on any atom is 0.226 e. The molecule has 1 saturated carbocycles. The van der Waals surface area contributed by atoms with E-state index in [1.807, 2.05) is 21.1 Å². The Morgan fingerprint density at radius 2 is 2.08 bits per heavy atom. The summed E-state index contributed by atoms with van der Waals surface area (Å²) in [4.78, 5) is 13.3. The second-order valence-corrected chi connectivity index (χ2v) is 3.67. The third-order valence-electron chi connectivity index (χ3n) is 2.64. The summed E-state index contributed by atoms with van der Waals surface area (Å²) in [7, 11) is 5.59. The van der Waals surface area contributed by atoms with Gasteiger partial charge in [0.25, 0.3) is 0 Å². The Bertz CT molecular complexity index is 168. The zero-order valence-electron chi connectivity index (χ0n) is 8.13. The lowest BCUT2D eigenvalue weighted by Gasteiger charge is -2.21. The fourth-order valence-electron chi connectivity index (χ4n) is 1.93. The minimum atomic E-state index is 0.213. The summed E-state index contributed by atoms with van der Waals surface area (Å²) in [6.07, 6.45) is 3.36. The molecule has 0 radical (unpaired) electrons. The van der Waals surface area contributed by atoms with Crippen molar-refractivity contribution in [1.29, 1.82) is 0 Å². The highest BCUT2D eigenvalue weighted by atomic mass is 16.2. The lowest BCUT2D eigenvalue weighted by Crippen LogP contribution is -2.39. The number of carbonyl (C=O) groups is 1. The molecule has 0 aromatic carbocycles. The van der Waals surface area contributed by atoms with Gasteiger partial charge in [0, 0.05) is 20.1 Å². The molecule has 1 fully saturated rings. The van der Waals surface area contributed by atoms with Gasteiger partial charge in [-0.2, -0.15) is 0 Å².